The van der Waals surface area contributed by atoms with E-state index in [1.807, 2.05) is 0 Å². The van der Waals surface area contributed by atoms with Crippen LogP contribution >= 0.6 is 0 Å². The fourth-order valence-electron chi connectivity index (χ4n) is 1.52. The number of ether oxygens (including phenoxy) is 1. The predicted molar refractivity (Wildman–Crippen MR) is 64.5 cm³/mol. The van der Waals surface area contributed by atoms with Crippen molar-refractivity contribution in [2.45, 2.75) is 34.1 Å². The number of carbonyl (C=O) groups excluding carboxylic acids is 3. The molecule has 0 aliphatic carbocycles. The van der Waals surface area contributed by atoms with Crippen LogP contribution < -0.4 is 0 Å². The molecular weight excluding hydrogens is 236 g/mol. The molecule has 3 amide bonds. The molecule has 1 heterocycles. The standard InChI is InChI=1S/C12H20N2O4/c1-5-14-9(15)6-7-13(11(14)17)8-18-10(16)12(2,3)4/h5-8H2,1-4H3. The van der Waals surface area contributed by atoms with Crippen LogP contribution in [-0.2, 0) is 14.3 Å². The van der Waals surface area contributed by atoms with E-state index in [2.05, 4.69) is 0 Å². The minimum Gasteiger partial charge on any atom is -0.444 e. The van der Waals surface area contributed by atoms with Gasteiger partial charge in [0, 0.05) is 19.5 Å². The highest BCUT2D eigenvalue weighted by Crippen LogP contribution is 2.16. The second-order valence-corrected chi connectivity index (χ2v) is 5.24. The first kappa shape index (κ1) is 14.5. The van der Waals surface area contributed by atoms with Crippen LogP contribution in [-0.4, -0.2) is 47.5 Å². The van der Waals surface area contributed by atoms with Crippen molar-refractivity contribution in [3.05, 3.63) is 0 Å². The summed E-state index contributed by atoms with van der Waals surface area (Å²) in [6.45, 7) is 7.51. The van der Waals surface area contributed by atoms with Gasteiger partial charge in [-0.15, -0.1) is 0 Å². The smallest absolute Gasteiger partial charge is 0.329 e. The van der Waals surface area contributed by atoms with Gasteiger partial charge in [-0.25, -0.2) is 4.79 Å². The first-order valence-corrected chi connectivity index (χ1v) is 6.04. The van der Waals surface area contributed by atoms with E-state index in [1.54, 1.807) is 27.7 Å². The molecule has 0 bridgehead atoms. The van der Waals surface area contributed by atoms with Crippen LogP contribution in [0.1, 0.15) is 34.1 Å². The van der Waals surface area contributed by atoms with Crippen LogP contribution in [0.4, 0.5) is 4.79 Å². The Morgan fingerprint density at radius 1 is 1.33 bits per heavy atom. The molecule has 6 heteroatoms. The maximum atomic E-state index is 11.9. The van der Waals surface area contributed by atoms with Crippen LogP contribution in [0.15, 0.2) is 0 Å². The Balaban J connectivity index is 2.56. The zero-order valence-corrected chi connectivity index (χ0v) is 11.4. The van der Waals surface area contributed by atoms with Gasteiger partial charge >= 0.3 is 12.0 Å². The molecule has 1 aliphatic heterocycles. The Kier molecular flexibility index (Phi) is 4.32. The predicted octanol–water partition coefficient (Wildman–Crippen LogP) is 1.21. The zero-order valence-electron chi connectivity index (χ0n) is 11.4. The number of nitrogens with zero attached hydrogens (tertiary/aromatic N) is 2. The first-order chi connectivity index (χ1) is 8.27. The molecule has 0 atom stereocenters. The molecule has 0 aromatic rings. The lowest BCUT2D eigenvalue weighted by molar-refractivity contribution is -0.157. The third-order valence-corrected chi connectivity index (χ3v) is 2.68. The van der Waals surface area contributed by atoms with Gasteiger partial charge in [0.1, 0.15) is 0 Å². The number of amides is 3. The summed E-state index contributed by atoms with van der Waals surface area (Å²) in [4.78, 5) is 37.4. The Morgan fingerprint density at radius 2 is 1.94 bits per heavy atom. The van der Waals surface area contributed by atoms with Crippen molar-refractivity contribution in [2.75, 3.05) is 19.8 Å². The van der Waals surface area contributed by atoms with Gasteiger partial charge in [0.15, 0.2) is 6.73 Å². The summed E-state index contributed by atoms with van der Waals surface area (Å²) in [5.74, 6) is -0.545. The first-order valence-electron chi connectivity index (χ1n) is 6.04. The summed E-state index contributed by atoms with van der Waals surface area (Å²) in [5, 5.41) is 0. The van der Waals surface area contributed by atoms with Crippen LogP contribution in [0.3, 0.4) is 0 Å². The van der Waals surface area contributed by atoms with Crippen molar-refractivity contribution in [1.29, 1.82) is 0 Å². The van der Waals surface area contributed by atoms with Gasteiger partial charge in [-0.05, 0) is 27.7 Å². The number of esters is 1. The molecule has 0 saturated carbocycles. The van der Waals surface area contributed by atoms with Crippen LogP contribution in [0.5, 0.6) is 0 Å². The van der Waals surface area contributed by atoms with Gasteiger partial charge in [-0.3, -0.25) is 19.4 Å². The largest absolute Gasteiger partial charge is 0.444 e. The lowest BCUT2D eigenvalue weighted by atomic mass is 9.98. The number of carbonyl (C=O) groups is 3. The van der Waals surface area contributed by atoms with Crippen molar-refractivity contribution in [2.24, 2.45) is 5.41 Å². The van der Waals surface area contributed by atoms with Crippen LogP contribution in [0.25, 0.3) is 0 Å². The van der Waals surface area contributed by atoms with Gasteiger partial charge in [-0.2, -0.15) is 0 Å². The number of imide groups is 1. The maximum Gasteiger partial charge on any atom is 0.329 e. The fourth-order valence-corrected chi connectivity index (χ4v) is 1.52. The van der Waals surface area contributed by atoms with Gasteiger partial charge in [0.05, 0.1) is 5.41 Å². The Hall–Kier alpha value is -1.59. The molecule has 0 radical (unpaired) electrons. The Labute approximate surface area is 107 Å². The number of hydrogen-bond acceptors (Lipinski definition) is 4. The summed E-state index contributed by atoms with van der Waals surface area (Å²) >= 11 is 0. The fraction of sp³-hybridized carbons (Fsp3) is 0.750. The highest BCUT2D eigenvalue weighted by Gasteiger charge is 2.32. The molecule has 0 aromatic heterocycles. The minimum absolute atomic E-state index is 0.0985. The van der Waals surface area contributed by atoms with E-state index in [4.69, 9.17) is 4.74 Å². The molecule has 1 rings (SSSR count). The van der Waals surface area contributed by atoms with E-state index >= 15 is 0 Å². The number of rotatable bonds is 3. The SMILES string of the molecule is CCN1C(=O)CCN(COC(=O)C(C)(C)C)C1=O. The highest BCUT2D eigenvalue weighted by atomic mass is 16.5. The molecule has 18 heavy (non-hydrogen) atoms. The van der Waals surface area contributed by atoms with Crippen LogP contribution in [0, 0.1) is 5.41 Å². The molecule has 0 spiro atoms. The van der Waals surface area contributed by atoms with E-state index < -0.39 is 11.4 Å². The van der Waals surface area contributed by atoms with Gasteiger partial charge in [-0.1, -0.05) is 0 Å². The molecule has 0 N–H and O–H groups in total. The second-order valence-electron chi connectivity index (χ2n) is 5.24. The normalized spacial score (nSPS) is 17.1. The third kappa shape index (κ3) is 3.21. The monoisotopic (exact) mass is 256 g/mol. The molecule has 1 aliphatic rings. The van der Waals surface area contributed by atoms with Gasteiger partial charge in [0.2, 0.25) is 5.91 Å². The van der Waals surface area contributed by atoms with E-state index in [1.165, 1.54) is 4.90 Å². The van der Waals surface area contributed by atoms with E-state index in [-0.39, 0.29) is 25.0 Å². The second kappa shape index (κ2) is 5.37. The molecule has 1 saturated heterocycles. The number of hydrogen-bond donors (Lipinski definition) is 0. The van der Waals surface area contributed by atoms with Crippen molar-refractivity contribution < 1.29 is 19.1 Å². The average Bonchev–Trinajstić information content (AvgIpc) is 2.27. The summed E-state index contributed by atoms with van der Waals surface area (Å²) in [6, 6.07) is -0.393. The Morgan fingerprint density at radius 3 is 2.44 bits per heavy atom. The molecule has 0 aromatic carbocycles. The molecular formula is C12H20N2O4. The van der Waals surface area contributed by atoms with Crippen molar-refractivity contribution in [3.8, 4) is 0 Å². The summed E-state index contributed by atoms with van der Waals surface area (Å²) in [7, 11) is 0. The lowest BCUT2D eigenvalue weighted by Crippen LogP contribution is -2.53. The molecule has 0 unspecified atom stereocenters. The van der Waals surface area contributed by atoms with Gasteiger partial charge < -0.3 is 4.74 Å². The number of urea groups is 1. The average molecular weight is 256 g/mol. The third-order valence-electron chi connectivity index (χ3n) is 2.68. The summed E-state index contributed by atoms with van der Waals surface area (Å²) < 4.78 is 5.07. The van der Waals surface area contributed by atoms with Crippen LogP contribution in [0.2, 0.25) is 0 Å². The van der Waals surface area contributed by atoms with E-state index in [0.29, 0.717) is 13.1 Å². The summed E-state index contributed by atoms with van der Waals surface area (Å²) in [6.07, 6.45) is 0.270. The summed E-state index contributed by atoms with van der Waals surface area (Å²) in [5.41, 5.74) is -0.598. The lowest BCUT2D eigenvalue weighted by Gasteiger charge is -2.33. The Bertz CT molecular complexity index is 360. The van der Waals surface area contributed by atoms with Crippen molar-refractivity contribution in [3.63, 3.8) is 0 Å². The van der Waals surface area contributed by atoms with E-state index in [0.717, 1.165) is 4.90 Å². The molecule has 6 nitrogen and oxygen atoms in total. The van der Waals surface area contributed by atoms with Crippen molar-refractivity contribution >= 4 is 17.9 Å². The van der Waals surface area contributed by atoms with Gasteiger partial charge in [0.25, 0.3) is 0 Å². The van der Waals surface area contributed by atoms with E-state index in [9.17, 15) is 14.4 Å². The molecule has 1 fully saturated rings. The maximum absolute atomic E-state index is 11.9. The zero-order chi connectivity index (χ0) is 13.9. The van der Waals surface area contributed by atoms with Crippen molar-refractivity contribution in [1.82, 2.24) is 9.80 Å². The topological polar surface area (TPSA) is 66.9 Å². The highest BCUT2D eigenvalue weighted by molar-refractivity contribution is 5.96. The molecule has 102 valence electrons. The minimum atomic E-state index is -0.598. The quantitative estimate of drug-likeness (QED) is 0.712.